The lowest BCUT2D eigenvalue weighted by atomic mass is 9.83. The third-order valence-electron chi connectivity index (χ3n) is 5.66. The molecule has 1 heterocycles. The van der Waals surface area contributed by atoms with Crippen molar-refractivity contribution in [2.75, 3.05) is 19.4 Å². The van der Waals surface area contributed by atoms with Crippen molar-refractivity contribution in [1.82, 2.24) is 9.29 Å². The summed E-state index contributed by atoms with van der Waals surface area (Å²) in [6.45, 7) is 0.121. The second-order valence-electron chi connectivity index (χ2n) is 7.81. The van der Waals surface area contributed by atoms with Gasteiger partial charge in [-0.05, 0) is 49.3 Å². The minimum absolute atomic E-state index is 0.0175. The van der Waals surface area contributed by atoms with E-state index in [1.807, 2.05) is 18.2 Å². The Labute approximate surface area is 182 Å². The summed E-state index contributed by atoms with van der Waals surface area (Å²) in [5, 5.41) is 0. The number of ether oxygens (including phenoxy) is 1. The number of rotatable bonds is 8. The van der Waals surface area contributed by atoms with Crippen LogP contribution in [0.2, 0.25) is 0 Å². The van der Waals surface area contributed by atoms with E-state index in [0.717, 1.165) is 36.3 Å². The van der Waals surface area contributed by atoms with Crippen molar-refractivity contribution < 1.29 is 22.1 Å². The minimum atomic E-state index is -4.73. The van der Waals surface area contributed by atoms with Crippen molar-refractivity contribution in [3.63, 3.8) is 0 Å². The van der Waals surface area contributed by atoms with Gasteiger partial charge < -0.3 is 9.30 Å². The molecule has 1 N–H and O–H groups in total. The van der Waals surface area contributed by atoms with Crippen molar-refractivity contribution in [2.45, 2.75) is 49.9 Å². The normalized spacial score (nSPS) is 21.5. The van der Waals surface area contributed by atoms with Crippen molar-refractivity contribution >= 4 is 11.0 Å². The van der Waals surface area contributed by atoms with Gasteiger partial charge in [-0.15, -0.1) is 0 Å². The smallest absolute Gasteiger partial charge is 0.376 e. The van der Waals surface area contributed by atoms with Crippen LogP contribution in [0.1, 0.15) is 48.8 Å². The van der Waals surface area contributed by atoms with E-state index in [2.05, 4.69) is 16.9 Å². The van der Waals surface area contributed by atoms with Crippen LogP contribution in [-0.2, 0) is 21.9 Å². The van der Waals surface area contributed by atoms with E-state index >= 15 is 0 Å². The van der Waals surface area contributed by atoms with Gasteiger partial charge in [0.25, 0.3) is 5.56 Å². The number of alkyl halides is 3. The van der Waals surface area contributed by atoms with Crippen LogP contribution in [0.3, 0.4) is 0 Å². The molecule has 0 aliphatic heterocycles. The summed E-state index contributed by atoms with van der Waals surface area (Å²) in [5.41, 5.74) is -1.04. The van der Waals surface area contributed by atoms with Crippen molar-refractivity contribution in [2.24, 2.45) is 0 Å². The molecule has 1 aromatic heterocycles. The van der Waals surface area contributed by atoms with Crippen LogP contribution >= 0.6 is 0 Å². The zero-order valence-corrected chi connectivity index (χ0v) is 18.1. The summed E-state index contributed by atoms with van der Waals surface area (Å²) >= 11 is 0. The Morgan fingerprint density at radius 2 is 1.81 bits per heavy atom. The first kappa shape index (κ1) is 23.7. The number of hydrogen-bond acceptors (Lipinski definition) is 3. The van der Waals surface area contributed by atoms with E-state index in [1.165, 1.54) is 24.1 Å². The first-order chi connectivity index (χ1) is 14.8. The van der Waals surface area contributed by atoms with Gasteiger partial charge in [0.2, 0.25) is 0 Å². The molecule has 0 amide bonds. The third-order valence-corrected chi connectivity index (χ3v) is 6.24. The van der Waals surface area contributed by atoms with E-state index in [0.29, 0.717) is 5.92 Å². The van der Waals surface area contributed by atoms with Gasteiger partial charge in [0.05, 0.1) is 29.7 Å². The number of hydrogen-bond donors (Lipinski definition) is 1. The zero-order valence-electron chi connectivity index (χ0n) is 17.3. The number of benzene rings is 1. The number of nitrogens with zero attached hydrogens (tertiary/aromatic N) is 1. The lowest BCUT2D eigenvalue weighted by Crippen LogP contribution is -2.38. The monoisotopic (exact) mass is 456 g/mol. The van der Waals surface area contributed by atoms with Gasteiger partial charge in [-0.25, -0.2) is 8.93 Å². The summed E-state index contributed by atoms with van der Waals surface area (Å²) in [4.78, 5) is 12.4. The molecule has 2 unspecified atom stereocenters. The highest BCUT2D eigenvalue weighted by molar-refractivity contribution is 7.82. The highest BCUT2D eigenvalue weighted by Crippen LogP contribution is 2.34. The van der Waals surface area contributed by atoms with E-state index < -0.39 is 34.3 Å². The predicted molar refractivity (Wildman–Crippen MR) is 114 cm³/mol. The van der Waals surface area contributed by atoms with Crippen LogP contribution in [0.5, 0.6) is 0 Å². The van der Waals surface area contributed by atoms with E-state index in [1.54, 1.807) is 0 Å². The number of aromatic nitrogens is 1. The molecular weight excluding hydrogens is 429 g/mol. The first-order valence-corrected chi connectivity index (χ1v) is 11.8. The molecule has 170 valence electrons. The average Bonchev–Trinajstić information content (AvgIpc) is 2.74. The molecule has 0 saturated heterocycles. The highest BCUT2D eigenvalue weighted by Gasteiger charge is 2.35. The molecule has 31 heavy (non-hydrogen) atoms. The number of nitrogens with one attached hydrogen (secondary N) is 1. The van der Waals surface area contributed by atoms with Gasteiger partial charge in [-0.2, -0.15) is 13.2 Å². The van der Waals surface area contributed by atoms with Crippen molar-refractivity contribution in [1.29, 1.82) is 0 Å². The van der Waals surface area contributed by atoms with Crippen molar-refractivity contribution in [3.8, 4) is 0 Å². The Morgan fingerprint density at radius 1 is 1.13 bits per heavy atom. The Bertz CT molecular complexity index is 926. The summed E-state index contributed by atoms with van der Waals surface area (Å²) in [5.74, 6) is 0.479. The maximum Gasteiger partial charge on any atom is 0.421 e. The molecule has 1 fully saturated rings. The van der Waals surface area contributed by atoms with E-state index in [-0.39, 0.29) is 19.3 Å². The van der Waals surface area contributed by atoms with Gasteiger partial charge in [-0.3, -0.25) is 4.79 Å². The Kier molecular flexibility index (Phi) is 8.07. The van der Waals surface area contributed by atoms with Crippen LogP contribution in [0.25, 0.3) is 0 Å². The fraction of sp³-hybridized carbons (Fsp3) is 0.500. The van der Waals surface area contributed by atoms with Gasteiger partial charge in [0.1, 0.15) is 5.56 Å². The van der Waals surface area contributed by atoms with Gasteiger partial charge in [0, 0.05) is 19.0 Å². The minimum Gasteiger partial charge on any atom is -0.376 e. The Morgan fingerprint density at radius 3 is 2.42 bits per heavy atom. The summed E-state index contributed by atoms with van der Waals surface area (Å²) in [6.07, 6.45) is 1.63. The van der Waals surface area contributed by atoms with Gasteiger partial charge in [-0.1, -0.05) is 30.3 Å². The molecule has 1 saturated carbocycles. The van der Waals surface area contributed by atoms with Crippen LogP contribution in [0.15, 0.2) is 53.5 Å². The molecule has 1 aromatic carbocycles. The quantitative estimate of drug-likeness (QED) is 0.652. The van der Waals surface area contributed by atoms with Crippen LogP contribution in [0.4, 0.5) is 13.2 Å². The maximum absolute atomic E-state index is 13.2. The molecule has 9 heteroatoms. The molecule has 1 aliphatic carbocycles. The summed E-state index contributed by atoms with van der Waals surface area (Å²) in [7, 11) is -1.37. The Balaban J connectivity index is 1.66. The SMILES string of the molecule is CS(=O)NCC(COC1CCC(c2ccccc2)CC1)n1cccc(C(F)(F)F)c1=O. The largest absolute Gasteiger partial charge is 0.421 e. The summed E-state index contributed by atoms with van der Waals surface area (Å²) < 4.78 is 60.7. The van der Waals surface area contributed by atoms with Crippen LogP contribution in [0, 0.1) is 0 Å². The Hall–Kier alpha value is -1.97. The van der Waals surface area contributed by atoms with Crippen molar-refractivity contribution in [3.05, 3.63) is 70.1 Å². The summed E-state index contributed by atoms with van der Waals surface area (Å²) in [6, 6.07) is 11.6. The fourth-order valence-corrected chi connectivity index (χ4v) is 4.43. The van der Waals surface area contributed by atoms with Gasteiger partial charge >= 0.3 is 6.18 Å². The molecule has 0 radical (unpaired) electrons. The predicted octanol–water partition coefficient (Wildman–Crippen LogP) is 4.03. The molecule has 0 bridgehead atoms. The lowest BCUT2D eigenvalue weighted by Gasteiger charge is -2.30. The third kappa shape index (κ3) is 6.51. The molecule has 2 atom stereocenters. The van der Waals surface area contributed by atoms with Crippen LogP contribution in [-0.4, -0.2) is 34.3 Å². The standard InChI is InChI=1S/C22H27F3N2O3S/c1-31(29)26-14-18(27-13-5-8-20(21(27)28)22(23,24)25)15-30-19-11-9-17(10-12-19)16-6-3-2-4-7-16/h2-8,13,17-19,26H,9-12,14-15H2,1H3. The van der Waals surface area contributed by atoms with E-state index in [4.69, 9.17) is 4.74 Å². The number of halogens is 3. The van der Waals surface area contributed by atoms with Crippen LogP contribution < -0.4 is 10.3 Å². The van der Waals surface area contributed by atoms with Gasteiger partial charge in [0.15, 0.2) is 0 Å². The zero-order chi connectivity index (χ0) is 22.4. The molecule has 1 aliphatic rings. The molecule has 0 spiro atoms. The second kappa shape index (κ2) is 10.6. The lowest BCUT2D eigenvalue weighted by molar-refractivity contribution is -0.139. The molecule has 3 rings (SSSR count). The topological polar surface area (TPSA) is 60.3 Å². The molecule has 2 aromatic rings. The fourth-order valence-electron chi connectivity index (χ4n) is 4.00. The average molecular weight is 457 g/mol. The highest BCUT2D eigenvalue weighted by atomic mass is 32.2. The van der Waals surface area contributed by atoms with E-state index in [9.17, 15) is 22.2 Å². The molecular formula is C22H27F3N2O3S. The second-order valence-corrected chi connectivity index (χ2v) is 9.00. The maximum atomic E-state index is 13.2. The number of pyridine rings is 1. The molecule has 5 nitrogen and oxygen atoms in total. The first-order valence-electron chi connectivity index (χ1n) is 10.3.